The number of hydrogen-bond donors (Lipinski definition) is 0. The van der Waals surface area contributed by atoms with Crippen LogP contribution < -0.4 is 4.74 Å². The molecule has 5 nitrogen and oxygen atoms in total. The number of nitrogens with zero attached hydrogens (tertiary/aromatic N) is 1. The maximum absolute atomic E-state index is 12.5. The van der Waals surface area contributed by atoms with Crippen molar-refractivity contribution in [3.05, 3.63) is 71.5 Å². The number of para-hydroxylation sites is 1. The van der Waals surface area contributed by atoms with E-state index in [1.54, 1.807) is 14.0 Å². The summed E-state index contributed by atoms with van der Waals surface area (Å²) in [4.78, 5) is 12.5. The third-order valence-corrected chi connectivity index (χ3v) is 3.67. The van der Waals surface area contributed by atoms with Crippen molar-refractivity contribution < 1.29 is 18.8 Å². The van der Waals surface area contributed by atoms with Gasteiger partial charge in [0, 0.05) is 11.1 Å². The Bertz CT molecular complexity index is 840. The maximum Gasteiger partial charge on any atom is 0.344 e. The van der Waals surface area contributed by atoms with E-state index >= 15 is 0 Å². The molecule has 0 aliphatic rings. The molecule has 0 saturated heterocycles. The molecule has 0 amide bonds. The molecule has 2 aromatic carbocycles. The van der Waals surface area contributed by atoms with Crippen LogP contribution in [0.2, 0.25) is 0 Å². The molecule has 0 spiro atoms. The SMILES string of the molecule is COc1ccccc1COC(=O)c1c(-c2ccccc2)noc1C. The summed E-state index contributed by atoms with van der Waals surface area (Å²) in [5.41, 5.74) is 2.43. The minimum Gasteiger partial charge on any atom is -0.496 e. The number of methoxy groups -OCH3 is 1. The zero-order chi connectivity index (χ0) is 16.9. The van der Waals surface area contributed by atoms with Gasteiger partial charge in [0.15, 0.2) is 0 Å². The summed E-state index contributed by atoms with van der Waals surface area (Å²) in [5.74, 6) is 0.632. The maximum atomic E-state index is 12.5. The summed E-state index contributed by atoms with van der Waals surface area (Å²) in [6.07, 6.45) is 0. The third-order valence-electron chi connectivity index (χ3n) is 3.67. The average molecular weight is 323 g/mol. The van der Waals surface area contributed by atoms with E-state index in [9.17, 15) is 4.79 Å². The second-order valence-corrected chi connectivity index (χ2v) is 5.22. The van der Waals surface area contributed by atoms with Crippen molar-refractivity contribution >= 4 is 5.97 Å². The minimum absolute atomic E-state index is 0.113. The molecule has 0 saturated carbocycles. The van der Waals surface area contributed by atoms with Gasteiger partial charge in [-0.2, -0.15) is 0 Å². The van der Waals surface area contributed by atoms with Crippen molar-refractivity contribution in [3.63, 3.8) is 0 Å². The van der Waals surface area contributed by atoms with Gasteiger partial charge in [0.1, 0.15) is 29.4 Å². The molecule has 24 heavy (non-hydrogen) atoms. The molecule has 3 rings (SSSR count). The van der Waals surface area contributed by atoms with Gasteiger partial charge in [-0.25, -0.2) is 4.79 Å². The summed E-state index contributed by atoms with van der Waals surface area (Å²) < 4.78 is 15.9. The zero-order valence-electron chi connectivity index (χ0n) is 13.5. The van der Waals surface area contributed by atoms with Crippen LogP contribution in [0.5, 0.6) is 5.75 Å². The number of aryl methyl sites for hydroxylation is 1. The largest absolute Gasteiger partial charge is 0.496 e. The van der Waals surface area contributed by atoms with E-state index in [1.807, 2.05) is 54.6 Å². The molecular formula is C19H17NO4. The molecule has 3 aromatic rings. The lowest BCUT2D eigenvalue weighted by atomic mass is 10.1. The number of ether oxygens (including phenoxy) is 2. The Hall–Kier alpha value is -3.08. The van der Waals surface area contributed by atoms with Gasteiger partial charge < -0.3 is 14.0 Å². The van der Waals surface area contributed by atoms with Crippen molar-refractivity contribution in [3.8, 4) is 17.0 Å². The Morgan fingerprint density at radius 1 is 1.08 bits per heavy atom. The number of carbonyl (C=O) groups excluding carboxylic acids is 1. The Morgan fingerprint density at radius 3 is 2.54 bits per heavy atom. The predicted molar refractivity (Wildman–Crippen MR) is 88.8 cm³/mol. The van der Waals surface area contributed by atoms with Gasteiger partial charge in [0.05, 0.1) is 7.11 Å². The lowest BCUT2D eigenvalue weighted by Crippen LogP contribution is -2.08. The van der Waals surface area contributed by atoms with Crippen molar-refractivity contribution in [2.24, 2.45) is 0 Å². The van der Waals surface area contributed by atoms with Gasteiger partial charge in [-0.05, 0) is 13.0 Å². The quantitative estimate of drug-likeness (QED) is 0.664. The Labute approximate surface area is 139 Å². The average Bonchev–Trinajstić information content (AvgIpc) is 3.02. The summed E-state index contributed by atoms with van der Waals surface area (Å²) in [5, 5.41) is 4.00. The van der Waals surface area contributed by atoms with Crippen LogP contribution >= 0.6 is 0 Å². The normalized spacial score (nSPS) is 10.4. The van der Waals surface area contributed by atoms with Crippen LogP contribution in [0.4, 0.5) is 0 Å². The van der Waals surface area contributed by atoms with Crippen LogP contribution in [0.25, 0.3) is 11.3 Å². The lowest BCUT2D eigenvalue weighted by Gasteiger charge is -2.09. The van der Waals surface area contributed by atoms with Crippen molar-refractivity contribution in [2.75, 3.05) is 7.11 Å². The number of aromatic nitrogens is 1. The molecule has 0 aliphatic carbocycles. The fourth-order valence-electron chi connectivity index (χ4n) is 2.44. The second kappa shape index (κ2) is 7.00. The highest BCUT2D eigenvalue weighted by Gasteiger charge is 2.23. The van der Waals surface area contributed by atoms with E-state index in [0.29, 0.717) is 22.8 Å². The molecule has 0 radical (unpaired) electrons. The summed E-state index contributed by atoms with van der Waals surface area (Å²) in [7, 11) is 1.58. The highest BCUT2D eigenvalue weighted by molar-refractivity contribution is 5.97. The van der Waals surface area contributed by atoms with E-state index in [2.05, 4.69) is 5.16 Å². The molecule has 0 bridgehead atoms. The van der Waals surface area contributed by atoms with Crippen molar-refractivity contribution in [2.45, 2.75) is 13.5 Å². The van der Waals surface area contributed by atoms with Gasteiger partial charge in [0.2, 0.25) is 0 Å². The van der Waals surface area contributed by atoms with Crippen LogP contribution in [0.1, 0.15) is 21.7 Å². The Balaban J connectivity index is 1.82. The fraction of sp³-hybridized carbons (Fsp3) is 0.158. The van der Waals surface area contributed by atoms with Gasteiger partial charge in [0.25, 0.3) is 0 Å². The first-order chi connectivity index (χ1) is 11.7. The van der Waals surface area contributed by atoms with Crippen LogP contribution in [0.3, 0.4) is 0 Å². The Morgan fingerprint density at radius 2 is 1.79 bits per heavy atom. The summed E-state index contributed by atoms with van der Waals surface area (Å²) in [6.45, 7) is 1.81. The monoisotopic (exact) mass is 323 g/mol. The number of benzene rings is 2. The first-order valence-corrected chi connectivity index (χ1v) is 7.51. The highest BCUT2D eigenvalue weighted by Crippen LogP contribution is 2.26. The number of esters is 1. The van der Waals surface area contributed by atoms with Gasteiger partial charge >= 0.3 is 5.97 Å². The molecule has 0 fully saturated rings. The van der Waals surface area contributed by atoms with Gasteiger partial charge in [-0.15, -0.1) is 0 Å². The molecule has 0 atom stereocenters. The van der Waals surface area contributed by atoms with Gasteiger partial charge in [-0.1, -0.05) is 53.7 Å². The van der Waals surface area contributed by atoms with Crippen LogP contribution in [-0.4, -0.2) is 18.2 Å². The van der Waals surface area contributed by atoms with Crippen molar-refractivity contribution in [1.29, 1.82) is 0 Å². The molecule has 1 heterocycles. The topological polar surface area (TPSA) is 61.6 Å². The third kappa shape index (κ3) is 3.15. The standard InChI is InChI=1S/C19H17NO4/c1-13-17(18(20-24-13)14-8-4-3-5-9-14)19(21)23-12-15-10-6-7-11-16(15)22-2/h3-11H,12H2,1-2H3. The molecule has 0 aliphatic heterocycles. The number of rotatable bonds is 5. The summed E-state index contributed by atoms with van der Waals surface area (Å²) in [6, 6.07) is 16.8. The van der Waals surface area contributed by atoms with Gasteiger partial charge in [-0.3, -0.25) is 0 Å². The van der Waals surface area contributed by atoms with Crippen LogP contribution in [0.15, 0.2) is 59.1 Å². The molecule has 5 heteroatoms. The van der Waals surface area contributed by atoms with Crippen LogP contribution in [0, 0.1) is 6.92 Å². The molecule has 0 unspecified atom stereocenters. The van der Waals surface area contributed by atoms with Crippen LogP contribution in [-0.2, 0) is 11.3 Å². The minimum atomic E-state index is -0.474. The summed E-state index contributed by atoms with van der Waals surface area (Å²) >= 11 is 0. The van der Waals surface area contributed by atoms with E-state index in [-0.39, 0.29) is 6.61 Å². The lowest BCUT2D eigenvalue weighted by molar-refractivity contribution is 0.0469. The Kier molecular flexibility index (Phi) is 4.61. The smallest absolute Gasteiger partial charge is 0.344 e. The van der Waals surface area contributed by atoms with E-state index in [0.717, 1.165) is 11.1 Å². The first kappa shape index (κ1) is 15.8. The molecule has 0 N–H and O–H groups in total. The predicted octanol–water partition coefficient (Wildman–Crippen LogP) is 4.02. The molecule has 1 aromatic heterocycles. The van der Waals surface area contributed by atoms with E-state index in [1.165, 1.54) is 0 Å². The van der Waals surface area contributed by atoms with E-state index in [4.69, 9.17) is 14.0 Å². The fourth-order valence-corrected chi connectivity index (χ4v) is 2.44. The highest BCUT2D eigenvalue weighted by atomic mass is 16.5. The van der Waals surface area contributed by atoms with Crippen molar-refractivity contribution in [1.82, 2.24) is 5.16 Å². The first-order valence-electron chi connectivity index (χ1n) is 7.51. The number of carbonyl (C=O) groups is 1. The molecular weight excluding hydrogens is 306 g/mol. The van der Waals surface area contributed by atoms with E-state index < -0.39 is 5.97 Å². The number of hydrogen-bond acceptors (Lipinski definition) is 5. The second-order valence-electron chi connectivity index (χ2n) is 5.22. The molecule has 122 valence electrons. The zero-order valence-corrected chi connectivity index (χ0v) is 13.5.